The van der Waals surface area contributed by atoms with E-state index in [9.17, 15) is 0 Å². The normalized spacial score (nSPS) is 28.9. The van der Waals surface area contributed by atoms with Gasteiger partial charge < -0.3 is 0 Å². The summed E-state index contributed by atoms with van der Waals surface area (Å²) in [5.41, 5.74) is 0.765. The maximum atomic E-state index is 2.59. The van der Waals surface area contributed by atoms with E-state index in [0.29, 0.717) is 0 Å². The van der Waals surface area contributed by atoms with Gasteiger partial charge in [-0.25, -0.2) is 0 Å². The second-order valence-corrected chi connectivity index (χ2v) is 12.1. The molecule has 0 heterocycles. The van der Waals surface area contributed by atoms with Crippen molar-refractivity contribution in [2.24, 2.45) is 29.6 Å². The molecular weight excluding hydrogens is 355 g/mol. The second kappa shape index (κ2) is 9.13. The lowest BCUT2D eigenvalue weighted by atomic mass is 9.73. The Labute approximate surface area is 173 Å². The molecule has 2 aliphatic rings. The largest absolute Gasteiger partial charge is 0.0625 e. The molecule has 0 bridgehead atoms. The van der Waals surface area contributed by atoms with Crippen LogP contribution in [0, 0.1) is 29.6 Å². The van der Waals surface area contributed by atoms with E-state index in [1.165, 1.54) is 38.5 Å². The van der Waals surface area contributed by atoms with E-state index in [1.807, 2.05) is 0 Å². The lowest BCUT2D eigenvalue weighted by molar-refractivity contribution is 0.173. The van der Waals surface area contributed by atoms with Gasteiger partial charge in [0, 0.05) is 0 Å². The van der Waals surface area contributed by atoms with Crippen LogP contribution in [0.25, 0.3) is 0 Å². The van der Waals surface area contributed by atoms with Crippen LogP contribution in [0.1, 0.15) is 59.3 Å². The highest BCUT2D eigenvalue weighted by Gasteiger charge is 2.44. The third-order valence-corrected chi connectivity index (χ3v) is 10.7. The maximum absolute atomic E-state index is 2.59. The first kappa shape index (κ1) is 20.2. The zero-order chi connectivity index (χ0) is 19.5. The summed E-state index contributed by atoms with van der Waals surface area (Å²) in [7, 11) is -0.294. The van der Waals surface area contributed by atoms with Crippen LogP contribution in [-0.4, -0.2) is 5.66 Å². The van der Waals surface area contributed by atoms with Crippen LogP contribution in [0.2, 0.25) is 0 Å². The Kier molecular flexibility index (Phi) is 6.57. The molecular formula is C27H37P. The van der Waals surface area contributed by atoms with Crippen molar-refractivity contribution in [1.82, 2.24) is 0 Å². The van der Waals surface area contributed by atoms with Gasteiger partial charge in [-0.2, -0.15) is 0 Å². The molecule has 2 aromatic carbocycles. The van der Waals surface area contributed by atoms with Crippen molar-refractivity contribution in [3.8, 4) is 0 Å². The summed E-state index contributed by atoms with van der Waals surface area (Å²) < 4.78 is 0. The van der Waals surface area contributed by atoms with Crippen molar-refractivity contribution in [3.05, 3.63) is 60.7 Å². The molecule has 150 valence electrons. The summed E-state index contributed by atoms with van der Waals surface area (Å²) in [6.07, 6.45) is 8.82. The van der Waals surface area contributed by atoms with Crippen molar-refractivity contribution in [2.45, 2.75) is 65.0 Å². The quantitative estimate of drug-likeness (QED) is 0.464. The highest BCUT2D eigenvalue weighted by atomic mass is 31.1. The predicted molar refractivity (Wildman–Crippen MR) is 125 cm³/mol. The zero-order valence-electron chi connectivity index (χ0n) is 17.9. The number of hydrogen-bond acceptors (Lipinski definition) is 0. The van der Waals surface area contributed by atoms with Crippen LogP contribution in [0.15, 0.2) is 60.7 Å². The van der Waals surface area contributed by atoms with E-state index in [2.05, 4.69) is 81.4 Å². The molecule has 4 unspecified atom stereocenters. The number of hydrogen-bond donors (Lipinski definition) is 0. The van der Waals surface area contributed by atoms with Crippen LogP contribution >= 0.6 is 7.92 Å². The first-order valence-corrected chi connectivity index (χ1v) is 13.0. The smallest absolute Gasteiger partial charge is 0.0126 e. The second-order valence-electron chi connectivity index (χ2n) is 9.54. The third kappa shape index (κ3) is 4.09. The Morgan fingerprint density at radius 1 is 0.643 bits per heavy atom. The Balaban J connectivity index is 1.63. The van der Waals surface area contributed by atoms with Gasteiger partial charge in [0.25, 0.3) is 0 Å². The van der Waals surface area contributed by atoms with Crippen LogP contribution < -0.4 is 10.6 Å². The number of rotatable bonds is 6. The first-order valence-electron chi connectivity index (χ1n) is 11.6. The third-order valence-electron chi connectivity index (χ3n) is 7.75. The van der Waals surface area contributed by atoms with Gasteiger partial charge in [0.05, 0.1) is 0 Å². The molecule has 2 saturated carbocycles. The number of benzene rings is 2. The molecule has 2 aromatic rings. The van der Waals surface area contributed by atoms with Crippen LogP contribution in [0.4, 0.5) is 0 Å². The van der Waals surface area contributed by atoms with Crippen molar-refractivity contribution in [3.63, 3.8) is 0 Å². The maximum Gasteiger partial charge on any atom is -0.0126 e. The minimum Gasteiger partial charge on any atom is -0.0625 e. The van der Waals surface area contributed by atoms with E-state index in [-0.39, 0.29) is 7.92 Å². The minimum absolute atomic E-state index is 0.294. The first-order chi connectivity index (χ1) is 13.7. The fourth-order valence-electron chi connectivity index (χ4n) is 6.51. The fourth-order valence-corrected chi connectivity index (χ4v) is 9.49. The molecule has 0 aliphatic heterocycles. The lowest BCUT2D eigenvalue weighted by Gasteiger charge is -2.38. The average Bonchev–Trinajstić information content (AvgIpc) is 3.39. The standard InChI is InChI=1S/C27H37P/c1-20(2)24-16-10-18-26(24)27-19-11-17-25(27)21(3)28(22-12-6-4-7-13-22)23-14-8-5-9-15-23/h4-9,12-15,20-21,24-27H,10-11,16-19H2,1-3H3/t21-,24?,25?,26?,27?/m1/s1. The molecule has 2 aliphatic carbocycles. The molecule has 0 amide bonds. The van der Waals surface area contributed by atoms with Crippen LogP contribution in [0.5, 0.6) is 0 Å². The zero-order valence-corrected chi connectivity index (χ0v) is 18.8. The Bertz CT molecular complexity index is 683. The van der Waals surface area contributed by atoms with Gasteiger partial charge in [-0.3, -0.25) is 0 Å². The summed E-state index contributed by atoms with van der Waals surface area (Å²) in [5.74, 6) is 4.67. The van der Waals surface area contributed by atoms with Crippen molar-refractivity contribution in [1.29, 1.82) is 0 Å². The fraction of sp³-hybridized carbons (Fsp3) is 0.556. The summed E-state index contributed by atoms with van der Waals surface area (Å²) >= 11 is 0. The van der Waals surface area contributed by atoms with E-state index in [1.54, 1.807) is 10.6 Å². The van der Waals surface area contributed by atoms with Crippen molar-refractivity contribution >= 4 is 18.5 Å². The monoisotopic (exact) mass is 392 g/mol. The van der Waals surface area contributed by atoms with Gasteiger partial charge in [0.2, 0.25) is 0 Å². The summed E-state index contributed by atoms with van der Waals surface area (Å²) in [6.45, 7) is 7.53. The van der Waals surface area contributed by atoms with Gasteiger partial charge in [-0.1, -0.05) is 94.3 Å². The van der Waals surface area contributed by atoms with E-state index in [4.69, 9.17) is 0 Å². The molecule has 0 spiro atoms. The Morgan fingerprint density at radius 2 is 1.11 bits per heavy atom. The molecule has 0 radical (unpaired) electrons. The van der Waals surface area contributed by atoms with E-state index in [0.717, 1.165) is 35.2 Å². The van der Waals surface area contributed by atoms with Crippen molar-refractivity contribution in [2.75, 3.05) is 0 Å². The lowest BCUT2D eigenvalue weighted by Crippen LogP contribution is -2.33. The Hall–Kier alpha value is -1.13. The molecule has 0 saturated heterocycles. The molecule has 5 atom stereocenters. The molecule has 0 aromatic heterocycles. The van der Waals surface area contributed by atoms with Gasteiger partial charge >= 0.3 is 0 Å². The molecule has 2 fully saturated rings. The summed E-state index contributed by atoms with van der Waals surface area (Å²) in [5, 5.41) is 3.13. The summed E-state index contributed by atoms with van der Waals surface area (Å²) in [4.78, 5) is 0. The van der Waals surface area contributed by atoms with Gasteiger partial charge in [-0.05, 0) is 79.5 Å². The molecule has 0 N–H and O–H groups in total. The van der Waals surface area contributed by atoms with Gasteiger partial charge in [0.1, 0.15) is 0 Å². The molecule has 4 rings (SSSR count). The summed E-state index contributed by atoms with van der Waals surface area (Å²) in [6, 6.07) is 22.8. The molecule has 28 heavy (non-hydrogen) atoms. The van der Waals surface area contributed by atoms with Crippen LogP contribution in [-0.2, 0) is 0 Å². The molecule has 1 heteroatoms. The van der Waals surface area contributed by atoms with Gasteiger partial charge in [0.15, 0.2) is 0 Å². The van der Waals surface area contributed by atoms with Gasteiger partial charge in [-0.15, -0.1) is 0 Å². The van der Waals surface area contributed by atoms with E-state index >= 15 is 0 Å². The Morgan fingerprint density at radius 3 is 1.61 bits per heavy atom. The highest BCUT2D eigenvalue weighted by Crippen LogP contribution is 2.55. The predicted octanol–water partition coefficient (Wildman–Crippen LogP) is 7.00. The topological polar surface area (TPSA) is 0 Å². The highest BCUT2D eigenvalue weighted by molar-refractivity contribution is 7.73. The minimum atomic E-state index is -0.294. The average molecular weight is 393 g/mol. The molecule has 0 nitrogen and oxygen atoms in total. The van der Waals surface area contributed by atoms with E-state index < -0.39 is 0 Å². The van der Waals surface area contributed by atoms with Crippen molar-refractivity contribution < 1.29 is 0 Å². The van der Waals surface area contributed by atoms with Crippen LogP contribution in [0.3, 0.4) is 0 Å². The SMILES string of the molecule is CC(C)C1CCCC1C1CCCC1[C@@H](C)P(c1ccccc1)c1ccccc1.